The van der Waals surface area contributed by atoms with Gasteiger partial charge in [-0.25, -0.2) is 0 Å². The highest BCUT2D eigenvalue weighted by molar-refractivity contribution is 14.1. The molecule has 2 amide bonds. The Labute approximate surface area is 247 Å². The number of nitrogens with zero attached hydrogens (tertiary/aromatic N) is 1. The summed E-state index contributed by atoms with van der Waals surface area (Å²) < 4.78 is 12.6. The number of carbonyl (C=O) groups is 2. The smallest absolute Gasteiger partial charge is 0.270 e. The maximum atomic E-state index is 13.4. The highest BCUT2D eigenvalue weighted by Crippen LogP contribution is 2.37. The van der Waals surface area contributed by atoms with E-state index in [0.717, 1.165) is 14.0 Å². The minimum absolute atomic E-state index is 0.0794. The van der Waals surface area contributed by atoms with Crippen molar-refractivity contribution in [3.05, 3.63) is 89.9 Å². The first-order chi connectivity index (χ1) is 17.7. The zero-order valence-corrected chi connectivity index (χ0v) is 24.4. The number of nitrogens with one attached hydrogen (secondary N) is 1. The van der Waals surface area contributed by atoms with E-state index in [9.17, 15) is 9.59 Å². The van der Waals surface area contributed by atoms with Crippen LogP contribution < -0.4 is 19.7 Å². The van der Waals surface area contributed by atoms with Crippen molar-refractivity contribution < 1.29 is 19.1 Å². The van der Waals surface area contributed by atoms with Crippen molar-refractivity contribution in [1.82, 2.24) is 5.32 Å². The van der Waals surface area contributed by atoms with Gasteiger partial charge in [-0.15, -0.1) is 0 Å². The van der Waals surface area contributed by atoms with Crippen LogP contribution in [0.3, 0.4) is 0 Å². The molecule has 0 aliphatic carbocycles. The average molecular weight is 688 g/mol. The first-order valence-electron chi connectivity index (χ1n) is 10.9. The predicted octanol–water partition coefficient (Wildman–Crippen LogP) is 7.06. The predicted molar refractivity (Wildman–Crippen MR) is 159 cm³/mol. The Kier molecular flexibility index (Phi) is 8.97. The van der Waals surface area contributed by atoms with Crippen LogP contribution in [0, 0.1) is 3.57 Å². The fourth-order valence-electron chi connectivity index (χ4n) is 3.55. The number of rotatable bonds is 7. The molecule has 0 radical (unpaired) electrons. The second-order valence-electron chi connectivity index (χ2n) is 7.70. The van der Waals surface area contributed by atoms with Gasteiger partial charge in [0.1, 0.15) is 12.2 Å². The highest BCUT2D eigenvalue weighted by Gasteiger charge is 2.35. The van der Waals surface area contributed by atoms with Gasteiger partial charge >= 0.3 is 0 Å². The van der Waals surface area contributed by atoms with Crippen LogP contribution in [-0.4, -0.2) is 23.5 Å². The van der Waals surface area contributed by atoms with E-state index >= 15 is 0 Å². The largest absolute Gasteiger partial charge is 0.490 e. The van der Waals surface area contributed by atoms with Crippen LogP contribution >= 0.6 is 69.6 Å². The number of hydrogen-bond acceptors (Lipinski definition) is 5. The zero-order valence-electron chi connectivity index (χ0n) is 19.2. The van der Waals surface area contributed by atoms with Crippen LogP contribution in [0.1, 0.15) is 18.1 Å². The quantitative estimate of drug-likeness (QED) is 0.125. The molecular formula is C26H18Cl3IN2O4S. The molecule has 0 unspecified atom stereocenters. The Morgan fingerprint density at radius 1 is 1.03 bits per heavy atom. The van der Waals surface area contributed by atoms with E-state index in [1.54, 1.807) is 30.3 Å². The van der Waals surface area contributed by atoms with E-state index < -0.39 is 11.8 Å². The summed E-state index contributed by atoms with van der Waals surface area (Å²) in [5.74, 6) is -0.252. The lowest BCUT2D eigenvalue weighted by atomic mass is 10.1. The van der Waals surface area contributed by atoms with Gasteiger partial charge in [0.05, 0.1) is 20.9 Å². The van der Waals surface area contributed by atoms with Crippen molar-refractivity contribution in [1.29, 1.82) is 0 Å². The molecule has 0 spiro atoms. The van der Waals surface area contributed by atoms with E-state index in [1.165, 1.54) is 12.1 Å². The molecule has 11 heteroatoms. The molecular weight excluding hydrogens is 670 g/mol. The summed E-state index contributed by atoms with van der Waals surface area (Å²) in [5.41, 5.74) is 1.57. The lowest BCUT2D eigenvalue weighted by molar-refractivity contribution is -0.122. The summed E-state index contributed by atoms with van der Waals surface area (Å²) in [7, 11) is 0. The second kappa shape index (κ2) is 12.0. The second-order valence-corrected chi connectivity index (χ2v) is 10.5. The third-order valence-corrected chi connectivity index (χ3v) is 7.22. The summed E-state index contributed by atoms with van der Waals surface area (Å²) >= 11 is 25.9. The van der Waals surface area contributed by atoms with E-state index in [2.05, 4.69) is 27.9 Å². The van der Waals surface area contributed by atoms with Crippen molar-refractivity contribution in [3.63, 3.8) is 0 Å². The minimum atomic E-state index is -0.622. The lowest BCUT2D eigenvalue weighted by Gasteiger charge is -2.29. The molecule has 0 saturated carbocycles. The van der Waals surface area contributed by atoms with E-state index in [-0.39, 0.29) is 22.3 Å². The van der Waals surface area contributed by atoms with Gasteiger partial charge in [0.2, 0.25) is 0 Å². The Hall–Kier alpha value is -2.37. The molecule has 1 saturated heterocycles. The number of carbonyl (C=O) groups excluding carboxylic acids is 2. The van der Waals surface area contributed by atoms with Gasteiger partial charge in [-0.05, 0) is 89.8 Å². The van der Waals surface area contributed by atoms with Gasteiger partial charge in [-0.2, -0.15) is 0 Å². The number of ether oxygens (including phenoxy) is 2. The molecule has 6 nitrogen and oxygen atoms in total. The molecule has 3 aromatic rings. The Bertz CT molecular complexity index is 1450. The monoisotopic (exact) mass is 686 g/mol. The topological polar surface area (TPSA) is 67.9 Å². The van der Waals surface area contributed by atoms with Crippen LogP contribution in [0.15, 0.2) is 60.2 Å². The summed E-state index contributed by atoms with van der Waals surface area (Å²) in [6.07, 6.45) is 1.47. The molecule has 0 bridgehead atoms. The standard InChI is InChI=1S/C26H18Cl3IN2O4S/c1-2-35-22-11-14(10-20(30)23(22)36-13-15-5-3-4-6-18(15)28)9-17-24(33)31-26(37)32(25(17)34)21-8-7-16(27)12-19(21)29/h3-12H,2,13H2,1H3,(H,31,33,37)/b17-9+. The number of thiocarbonyl (C=S) groups is 1. The average Bonchev–Trinajstić information content (AvgIpc) is 2.83. The number of hydrogen-bond donors (Lipinski definition) is 1. The van der Waals surface area contributed by atoms with Crippen LogP contribution in [0.25, 0.3) is 6.08 Å². The molecule has 0 aromatic heterocycles. The maximum absolute atomic E-state index is 13.4. The summed E-state index contributed by atoms with van der Waals surface area (Å²) in [4.78, 5) is 27.3. The summed E-state index contributed by atoms with van der Waals surface area (Å²) in [6, 6.07) is 15.5. The molecule has 1 aliphatic heterocycles. The Balaban J connectivity index is 1.68. The molecule has 1 fully saturated rings. The number of halogens is 4. The summed E-state index contributed by atoms with van der Waals surface area (Å²) in [5, 5.41) is 3.68. The molecule has 1 N–H and O–H groups in total. The van der Waals surface area contributed by atoms with Crippen LogP contribution in [0.4, 0.5) is 5.69 Å². The van der Waals surface area contributed by atoms with Gasteiger partial charge in [0.25, 0.3) is 11.8 Å². The molecule has 1 heterocycles. The van der Waals surface area contributed by atoms with Gasteiger partial charge in [-0.3, -0.25) is 19.8 Å². The van der Waals surface area contributed by atoms with Gasteiger partial charge in [0, 0.05) is 15.6 Å². The third-order valence-electron chi connectivity index (χ3n) is 5.22. The van der Waals surface area contributed by atoms with Crippen molar-refractivity contribution in [2.75, 3.05) is 11.5 Å². The molecule has 4 rings (SSSR count). The van der Waals surface area contributed by atoms with Crippen LogP contribution in [0.5, 0.6) is 11.5 Å². The van der Waals surface area contributed by atoms with Crippen molar-refractivity contribution in [2.45, 2.75) is 13.5 Å². The molecule has 1 aliphatic rings. The number of benzene rings is 3. The fourth-order valence-corrected chi connectivity index (χ4v) is 5.28. The molecule has 0 atom stereocenters. The molecule has 37 heavy (non-hydrogen) atoms. The Morgan fingerprint density at radius 2 is 1.78 bits per heavy atom. The van der Waals surface area contributed by atoms with Crippen molar-refractivity contribution in [3.8, 4) is 11.5 Å². The van der Waals surface area contributed by atoms with Gasteiger partial charge in [-0.1, -0.05) is 53.0 Å². The molecule has 3 aromatic carbocycles. The van der Waals surface area contributed by atoms with Crippen molar-refractivity contribution >= 4 is 98.3 Å². The minimum Gasteiger partial charge on any atom is -0.490 e. The van der Waals surface area contributed by atoms with E-state index in [4.69, 9.17) is 56.5 Å². The van der Waals surface area contributed by atoms with Crippen LogP contribution in [0.2, 0.25) is 15.1 Å². The van der Waals surface area contributed by atoms with Gasteiger partial charge in [0.15, 0.2) is 16.6 Å². The number of anilines is 1. The van der Waals surface area contributed by atoms with Crippen LogP contribution in [-0.2, 0) is 16.2 Å². The van der Waals surface area contributed by atoms with Crippen molar-refractivity contribution in [2.24, 2.45) is 0 Å². The third kappa shape index (κ3) is 6.21. The highest BCUT2D eigenvalue weighted by atomic mass is 127. The lowest BCUT2D eigenvalue weighted by Crippen LogP contribution is -2.54. The first-order valence-corrected chi connectivity index (χ1v) is 13.5. The normalized spacial score (nSPS) is 14.7. The Morgan fingerprint density at radius 3 is 2.49 bits per heavy atom. The van der Waals surface area contributed by atoms with Gasteiger partial charge < -0.3 is 9.47 Å². The maximum Gasteiger partial charge on any atom is 0.270 e. The molecule has 190 valence electrons. The van der Waals surface area contributed by atoms with E-state index in [1.807, 2.05) is 25.1 Å². The number of amides is 2. The fraction of sp³-hybridized carbons (Fsp3) is 0.115. The zero-order chi connectivity index (χ0) is 26.7. The SMILES string of the molecule is CCOc1cc(/C=C2\C(=O)NC(=S)N(c3ccc(Cl)cc3Cl)C2=O)cc(I)c1OCc1ccccc1Cl. The van der Waals surface area contributed by atoms with E-state index in [0.29, 0.717) is 39.4 Å². The first kappa shape index (κ1) is 27.7. The summed E-state index contributed by atoms with van der Waals surface area (Å²) in [6.45, 7) is 2.48.